The third-order valence-corrected chi connectivity index (χ3v) is 3.98. The van der Waals surface area contributed by atoms with Gasteiger partial charge in [-0.15, -0.1) is 0 Å². The summed E-state index contributed by atoms with van der Waals surface area (Å²) < 4.78 is 5.84. The Morgan fingerprint density at radius 3 is 2.95 bits per heavy atom. The first-order valence-electron chi connectivity index (χ1n) is 8.09. The lowest BCUT2D eigenvalue weighted by atomic mass is 10.1. The third kappa shape index (κ3) is 4.45. The molecule has 0 radical (unpaired) electrons. The predicted molar refractivity (Wildman–Crippen MR) is 85.8 cm³/mol. The Morgan fingerprint density at radius 1 is 1.36 bits per heavy atom. The Morgan fingerprint density at radius 2 is 2.18 bits per heavy atom. The van der Waals surface area contributed by atoms with Gasteiger partial charge in [-0.3, -0.25) is 9.69 Å². The molecule has 1 atom stereocenters. The second-order valence-electron chi connectivity index (χ2n) is 5.57. The number of benzene rings is 1. The lowest BCUT2D eigenvalue weighted by Gasteiger charge is -2.34. The van der Waals surface area contributed by atoms with E-state index < -0.39 is 0 Å². The first-order valence-corrected chi connectivity index (χ1v) is 8.09. The summed E-state index contributed by atoms with van der Waals surface area (Å²) in [4.78, 5) is 14.2. The smallest absolute Gasteiger partial charge is 0.237 e. The molecule has 2 rings (SSSR count). The van der Waals surface area contributed by atoms with Crippen molar-refractivity contribution in [3.8, 4) is 5.75 Å². The van der Waals surface area contributed by atoms with Gasteiger partial charge in [0.05, 0.1) is 12.6 Å². The van der Waals surface area contributed by atoms with E-state index in [0.29, 0.717) is 13.2 Å². The highest BCUT2D eigenvalue weighted by Crippen LogP contribution is 2.22. The molecule has 0 aliphatic carbocycles. The zero-order chi connectivity index (χ0) is 15.8. The molecule has 1 fully saturated rings. The Hall–Kier alpha value is -1.59. The summed E-state index contributed by atoms with van der Waals surface area (Å²) in [5, 5.41) is 11.7. The van der Waals surface area contributed by atoms with Gasteiger partial charge in [0.2, 0.25) is 5.91 Å². The summed E-state index contributed by atoms with van der Waals surface area (Å²) in [6, 6.07) is 7.93. The molecule has 0 aromatic heterocycles. The van der Waals surface area contributed by atoms with Gasteiger partial charge in [-0.1, -0.05) is 25.1 Å². The van der Waals surface area contributed by atoms with E-state index in [1.54, 1.807) is 0 Å². The molecule has 1 aromatic carbocycles. The molecule has 1 aromatic rings. The van der Waals surface area contributed by atoms with Crippen molar-refractivity contribution in [1.82, 2.24) is 10.2 Å². The largest absolute Gasteiger partial charge is 0.493 e. The van der Waals surface area contributed by atoms with Gasteiger partial charge < -0.3 is 15.2 Å². The van der Waals surface area contributed by atoms with Crippen LogP contribution < -0.4 is 10.1 Å². The van der Waals surface area contributed by atoms with Gasteiger partial charge in [-0.05, 0) is 25.3 Å². The molecule has 1 saturated heterocycles. The average molecular weight is 306 g/mol. The Kier molecular flexibility index (Phi) is 6.68. The molecule has 5 heteroatoms. The van der Waals surface area contributed by atoms with Gasteiger partial charge in [0.15, 0.2) is 0 Å². The molecule has 2 N–H and O–H groups in total. The van der Waals surface area contributed by atoms with Gasteiger partial charge in [-0.2, -0.15) is 0 Å². The van der Waals surface area contributed by atoms with Gasteiger partial charge in [0.25, 0.3) is 0 Å². The van der Waals surface area contributed by atoms with E-state index in [1.807, 2.05) is 25.1 Å². The Balaban J connectivity index is 2.00. The molecule has 0 spiro atoms. The maximum absolute atomic E-state index is 11.9. The maximum Gasteiger partial charge on any atom is 0.237 e. The normalized spacial score (nSPS) is 19.0. The van der Waals surface area contributed by atoms with Crippen LogP contribution in [0.25, 0.3) is 0 Å². The first kappa shape index (κ1) is 16.8. The number of piperazine rings is 1. The van der Waals surface area contributed by atoms with Gasteiger partial charge in [-0.25, -0.2) is 0 Å². The number of rotatable bonds is 8. The molecular formula is C17H26N2O3. The van der Waals surface area contributed by atoms with Crippen LogP contribution in [0.3, 0.4) is 0 Å². The molecular weight excluding hydrogens is 280 g/mol. The minimum atomic E-state index is -0.0591. The molecule has 1 aliphatic heterocycles. The second kappa shape index (κ2) is 8.76. The van der Waals surface area contributed by atoms with Gasteiger partial charge in [0.1, 0.15) is 5.75 Å². The van der Waals surface area contributed by atoms with Crippen molar-refractivity contribution in [2.45, 2.75) is 38.8 Å². The number of hydrogen-bond acceptors (Lipinski definition) is 4. The fourth-order valence-corrected chi connectivity index (χ4v) is 2.79. The third-order valence-electron chi connectivity index (χ3n) is 3.98. The minimum absolute atomic E-state index is 0.0591. The zero-order valence-corrected chi connectivity index (χ0v) is 13.3. The first-order chi connectivity index (χ1) is 10.8. The van der Waals surface area contributed by atoms with E-state index in [0.717, 1.165) is 43.7 Å². The number of amides is 1. The maximum atomic E-state index is 11.9. The van der Waals surface area contributed by atoms with Crippen LogP contribution in [0.1, 0.15) is 31.7 Å². The number of unbranched alkanes of at least 4 members (excludes halogenated alkanes) is 1. The van der Waals surface area contributed by atoms with E-state index in [4.69, 9.17) is 9.84 Å². The number of aliphatic hydroxyl groups excluding tert-OH is 1. The van der Waals surface area contributed by atoms with Crippen molar-refractivity contribution in [2.75, 3.05) is 26.3 Å². The molecule has 22 heavy (non-hydrogen) atoms. The summed E-state index contributed by atoms with van der Waals surface area (Å²) in [5.41, 5.74) is 1.11. The van der Waals surface area contributed by atoms with Crippen molar-refractivity contribution >= 4 is 5.91 Å². The van der Waals surface area contributed by atoms with Gasteiger partial charge in [0, 0.05) is 31.8 Å². The highest BCUT2D eigenvalue weighted by atomic mass is 16.5. The van der Waals surface area contributed by atoms with Crippen LogP contribution in [-0.4, -0.2) is 48.3 Å². The van der Waals surface area contributed by atoms with E-state index >= 15 is 0 Å². The van der Waals surface area contributed by atoms with E-state index in [9.17, 15) is 4.79 Å². The molecule has 0 bridgehead atoms. The fourth-order valence-electron chi connectivity index (χ4n) is 2.79. The van der Waals surface area contributed by atoms with Crippen LogP contribution in [0.2, 0.25) is 0 Å². The lowest BCUT2D eigenvalue weighted by molar-refractivity contribution is -0.129. The van der Waals surface area contributed by atoms with Crippen LogP contribution >= 0.6 is 0 Å². The number of nitrogens with zero attached hydrogens (tertiary/aromatic N) is 1. The summed E-state index contributed by atoms with van der Waals surface area (Å²) in [7, 11) is 0. The van der Waals surface area contributed by atoms with Crippen LogP contribution in [0.4, 0.5) is 0 Å². The highest BCUT2D eigenvalue weighted by Gasteiger charge is 2.28. The number of carbonyl (C=O) groups is 1. The summed E-state index contributed by atoms with van der Waals surface area (Å²) in [5.74, 6) is 0.997. The minimum Gasteiger partial charge on any atom is -0.493 e. The number of ether oxygens (including phenoxy) is 1. The molecule has 0 unspecified atom stereocenters. The van der Waals surface area contributed by atoms with Crippen LogP contribution in [0.15, 0.2) is 24.3 Å². The summed E-state index contributed by atoms with van der Waals surface area (Å²) in [6.07, 6.45) is 2.41. The van der Waals surface area contributed by atoms with Crippen LogP contribution in [0, 0.1) is 0 Å². The zero-order valence-electron chi connectivity index (χ0n) is 13.3. The van der Waals surface area contributed by atoms with E-state index in [1.165, 1.54) is 0 Å². The molecule has 1 heterocycles. The monoisotopic (exact) mass is 306 g/mol. The molecule has 5 nitrogen and oxygen atoms in total. The van der Waals surface area contributed by atoms with Gasteiger partial charge >= 0.3 is 0 Å². The quantitative estimate of drug-likeness (QED) is 0.715. The Bertz CT molecular complexity index is 479. The van der Waals surface area contributed by atoms with Crippen molar-refractivity contribution in [3.05, 3.63) is 29.8 Å². The number of carbonyl (C=O) groups excluding carboxylic acids is 1. The molecule has 1 aliphatic rings. The van der Waals surface area contributed by atoms with Crippen molar-refractivity contribution in [1.29, 1.82) is 0 Å². The van der Waals surface area contributed by atoms with Crippen molar-refractivity contribution in [3.63, 3.8) is 0 Å². The number of hydrogen-bond donors (Lipinski definition) is 2. The Labute approximate surface area is 132 Å². The summed E-state index contributed by atoms with van der Waals surface area (Å²) >= 11 is 0. The molecule has 1 amide bonds. The molecule has 0 saturated carbocycles. The lowest BCUT2D eigenvalue weighted by Crippen LogP contribution is -2.54. The van der Waals surface area contributed by atoms with Crippen molar-refractivity contribution in [2.24, 2.45) is 0 Å². The van der Waals surface area contributed by atoms with Crippen LogP contribution in [0.5, 0.6) is 5.75 Å². The number of aliphatic hydroxyl groups is 1. The number of nitrogens with one attached hydrogen (secondary N) is 1. The standard InChI is InChI=1S/C17H26N2O3/c1-2-15-17(21)18-9-10-19(15)13-14-7-3-4-8-16(14)22-12-6-5-11-20/h3-4,7-8,15,20H,2,5-6,9-13H2,1H3,(H,18,21)/t15-/m1/s1. The van der Waals surface area contributed by atoms with E-state index in [-0.39, 0.29) is 18.6 Å². The topological polar surface area (TPSA) is 61.8 Å². The fraction of sp³-hybridized carbons (Fsp3) is 0.588. The second-order valence-corrected chi connectivity index (χ2v) is 5.57. The number of para-hydroxylation sites is 1. The van der Waals surface area contributed by atoms with Crippen molar-refractivity contribution < 1.29 is 14.6 Å². The SMILES string of the molecule is CC[C@@H]1C(=O)NCCN1Cc1ccccc1OCCCCO. The summed E-state index contributed by atoms with van der Waals surface area (Å²) in [6.45, 7) is 5.14. The van der Waals surface area contributed by atoms with Crippen LogP contribution in [-0.2, 0) is 11.3 Å². The molecule has 122 valence electrons. The van der Waals surface area contributed by atoms with E-state index in [2.05, 4.69) is 16.3 Å². The average Bonchev–Trinajstić information content (AvgIpc) is 2.53. The highest BCUT2D eigenvalue weighted by molar-refractivity contribution is 5.82. The predicted octanol–water partition coefficient (Wildman–Crippen LogP) is 1.55.